The number of nitrogens with one attached hydrogen (secondary N) is 1. The van der Waals surface area contributed by atoms with Gasteiger partial charge in [0.05, 0.1) is 6.61 Å². The molecule has 4 N–H and O–H groups in total. The number of hydrogen-bond acceptors (Lipinski definition) is 5. The van der Waals surface area contributed by atoms with Gasteiger partial charge in [0.15, 0.2) is 5.84 Å². The highest BCUT2D eigenvalue weighted by Gasteiger charge is 2.13. The smallest absolute Gasteiger partial charge is 0.168 e. The van der Waals surface area contributed by atoms with Gasteiger partial charge in [0.25, 0.3) is 0 Å². The van der Waals surface area contributed by atoms with E-state index in [1.54, 1.807) is 6.92 Å². The molecule has 0 heterocycles. The summed E-state index contributed by atoms with van der Waals surface area (Å²) in [6, 6.07) is 0.433. The van der Waals surface area contributed by atoms with Gasteiger partial charge in [0.2, 0.25) is 0 Å². The first kappa shape index (κ1) is 17.2. The maximum absolute atomic E-state index is 8.48. The van der Waals surface area contributed by atoms with Crippen LogP contribution in [0.3, 0.4) is 0 Å². The number of likely N-dealkylation sites (N-methyl/N-ethyl adjacent to an activating group) is 1. The SMILES string of the molecule is CC(OCCNC(CN(C)C)C(C)C)C(N)=NO. The largest absolute Gasteiger partial charge is 0.409 e. The zero-order valence-corrected chi connectivity index (χ0v) is 12.2. The molecular weight excluding hydrogens is 232 g/mol. The first-order valence-corrected chi connectivity index (χ1v) is 6.35. The van der Waals surface area contributed by atoms with Crippen LogP contribution < -0.4 is 11.1 Å². The van der Waals surface area contributed by atoms with Crippen molar-refractivity contribution in [1.29, 1.82) is 0 Å². The average molecular weight is 260 g/mol. The van der Waals surface area contributed by atoms with Crippen LogP contribution in [0.25, 0.3) is 0 Å². The van der Waals surface area contributed by atoms with E-state index in [-0.39, 0.29) is 11.9 Å². The van der Waals surface area contributed by atoms with Gasteiger partial charge in [-0.3, -0.25) is 0 Å². The minimum Gasteiger partial charge on any atom is -0.409 e. The molecule has 0 rings (SSSR count). The second-order valence-corrected chi connectivity index (χ2v) is 5.10. The highest BCUT2D eigenvalue weighted by atomic mass is 16.5. The molecular formula is C12H28N4O2. The number of ether oxygens (including phenoxy) is 1. The Balaban J connectivity index is 3.86. The molecule has 6 nitrogen and oxygen atoms in total. The van der Waals surface area contributed by atoms with Crippen molar-refractivity contribution < 1.29 is 9.94 Å². The lowest BCUT2D eigenvalue weighted by Gasteiger charge is -2.26. The molecule has 0 fully saturated rings. The van der Waals surface area contributed by atoms with Crippen molar-refractivity contribution in [2.24, 2.45) is 16.8 Å². The Hall–Kier alpha value is -0.850. The Bertz CT molecular complexity index is 244. The van der Waals surface area contributed by atoms with Crippen molar-refractivity contribution in [3.8, 4) is 0 Å². The Morgan fingerprint density at radius 3 is 2.44 bits per heavy atom. The number of amidine groups is 1. The summed E-state index contributed by atoms with van der Waals surface area (Å²) in [5.74, 6) is 0.664. The van der Waals surface area contributed by atoms with Gasteiger partial charge < -0.3 is 25.9 Å². The van der Waals surface area contributed by atoms with Gasteiger partial charge in [-0.15, -0.1) is 0 Å². The Morgan fingerprint density at radius 1 is 1.39 bits per heavy atom. The predicted octanol–water partition coefficient (Wildman–Crippen LogP) is 0.314. The van der Waals surface area contributed by atoms with E-state index in [1.165, 1.54) is 0 Å². The highest BCUT2D eigenvalue weighted by Crippen LogP contribution is 2.02. The van der Waals surface area contributed by atoms with Crippen LogP contribution in [0.1, 0.15) is 20.8 Å². The van der Waals surface area contributed by atoms with Gasteiger partial charge >= 0.3 is 0 Å². The first-order valence-electron chi connectivity index (χ1n) is 6.35. The zero-order chi connectivity index (χ0) is 14.1. The monoisotopic (exact) mass is 260 g/mol. The van der Waals surface area contributed by atoms with Gasteiger partial charge in [0, 0.05) is 19.1 Å². The molecule has 2 atom stereocenters. The average Bonchev–Trinajstić information content (AvgIpc) is 2.30. The zero-order valence-electron chi connectivity index (χ0n) is 12.2. The van der Waals surface area contributed by atoms with Gasteiger partial charge in [-0.25, -0.2) is 0 Å². The van der Waals surface area contributed by atoms with Crippen molar-refractivity contribution in [2.75, 3.05) is 33.8 Å². The highest BCUT2D eigenvalue weighted by molar-refractivity contribution is 5.83. The summed E-state index contributed by atoms with van der Waals surface area (Å²) in [6.07, 6.45) is -0.358. The van der Waals surface area contributed by atoms with Crippen molar-refractivity contribution in [3.63, 3.8) is 0 Å². The lowest BCUT2D eigenvalue weighted by Crippen LogP contribution is -2.43. The van der Waals surface area contributed by atoms with Crippen LogP contribution in [0.15, 0.2) is 5.16 Å². The number of oxime groups is 1. The summed E-state index contributed by atoms with van der Waals surface area (Å²) in [6.45, 7) is 8.43. The molecule has 0 aromatic carbocycles. The van der Waals surface area contributed by atoms with Gasteiger partial charge in [-0.1, -0.05) is 19.0 Å². The fourth-order valence-corrected chi connectivity index (χ4v) is 1.55. The third-order valence-electron chi connectivity index (χ3n) is 2.78. The number of nitrogens with two attached hydrogens (primary N) is 1. The van der Waals surface area contributed by atoms with Crippen molar-refractivity contribution in [2.45, 2.75) is 32.9 Å². The van der Waals surface area contributed by atoms with Crippen LogP contribution in [0, 0.1) is 5.92 Å². The fraction of sp³-hybridized carbons (Fsp3) is 0.917. The predicted molar refractivity (Wildman–Crippen MR) is 74.0 cm³/mol. The number of hydrogen-bond donors (Lipinski definition) is 3. The normalized spacial score (nSPS) is 16.3. The van der Waals surface area contributed by atoms with E-state index >= 15 is 0 Å². The molecule has 0 aromatic rings. The Kier molecular flexibility index (Phi) is 8.70. The van der Waals surface area contributed by atoms with Gasteiger partial charge in [0.1, 0.15) is 6.10 Å². The molecule has 0 radical (unpaired) electrons. The Morgan fingerprint density at radius 2 is 2.00 bits per heavy atom. The van der Waals surface area contributed by atoms with E-state index in [0.29, 0.717) is 18.6 Å². The molecule has 0 spiro atoms. The van der Waals surface area contributed by atoms with Crippen molar-refractivity contribution >= 4 is 5.84 Å². The van der Waals surface area contributed by atoms with E-state index in [0.717, 1.165) is 13.1 Å². The van der Waals surface area contributed by atoms with E-state index in [2.05, 4.69) is 43.3 Å². The Labute approximate surface area is 110 Å². The minimum atomic E-state index is -0.358. The molecule has 0 saturated carbocycles. The molecule has 108 valence electrons. The molecule has 0 bridgehead atoms. The van der Waals surface area contributed by atoms with Crippen LogP contribution in [0.5, 0.6) is 0 Å². The maximum Gasteiger partial charge on any atom is 0.168 e. The van der Waals surface area contributed by atoms with Crippen LogP contribution in [-0.4, -0.2) is 61.9 Å². The molecule has 0 amide bonds. The summed E-state index contributed by atoms with van der Waals surface area (Å²) >= 11 is 0. The fourth-order valence-electron chi connectivity index (χ4n) is 1.55. The maximum atomic E-state index is 8.48. The van der Waals surface area contributed by atoms with E-state index in [4.69, 9.17) is 15.7 Å². The molecule has 2 unspecified atom stereocenters. The van der Waals surface area contributed by atoms with Gasteiger partial charge in [-0.2, -0.15) is 0 Å². The molecule has 6 heteroatoms. The summed E-state index contributed by atoms with van der Waals surface area (Å²) in [5.41, 5.74) is 5.42. The summed E-state index contributed by atoms with van der Waals surface area (Å²) in [7, 11) is 4.13. The molecule has 0 saturated heterocycles. The summed E-state index contributed by atoms with van der Waals surface area (Å²) < 4.78 is 5.44. The van der Waals surface area contributed by atoms with Crippen LogP contribution in [0.4, 0.5) is 0 Å². The van der Waals surface area contributed by atoms with Crippen LogP contribution >= 0.6 is 0 Å². The quantitative estimate of drug-likeness (QED) is 0.183. The molecule has 0 aromatic heterocycles. The second kappa shape index (κ2) is 9.13. The van der Waals surface area contributed by atoms with Crippen LogP contribution in [-0.2, 0) is 4.74 Å². The second-order valence-electron chi connectivity index (χ2n) is 5.10. The summed E-state index contributed by atoms with van der Waals surface area (Å²) in [5, 5.41) is 14.8. The molecule has 0 aliphatic carbocycles. The van der Waals surface area contributed by atoms with E-state index < -0.39 is 0 Å². The molecule has 0 aliphatic heterocycles. The topological polar surface area (TPSA) is 83.1 Å². The van der Waals surface area contributed by atoms with Crippen LogP contribution in [0.2, 0.25) is 0 Å². The van der Waals surface area contributed by atoms with E-state index in [1.807, 2.05) is 0 Å². The van der Waals surface area contributed by atoms with E-state index in [9.17, 15) is 0 Å². The third-order valence-corrected chi connectivity index (χ3v) is 2.78. The standard InChI is InChI=1S/C12H28N4O2/c1-9(2)11(8-16(4)5)14-6-7-18-10(3)12(13)15-17/h9-11,14,17H,6-8H2,1-5H3,(H2,13,15). The van der Waals surface area contributed by atoms with Crippen molar-refractivity contribution in [3.05, 3.63) is 0 Å². The lowest BCUT2D eigenvalue weighted by molar-refractivity contribution is 0.103. The molecule has 18 heavy (non-hydrogen) atoms. The number of rotatable bonds is 9. The molecule has 0 aliphatic rings. The number of nitrogens with zero attached hydrogens (tertiary/aromatic N) is 2. The van der Waals surface area contributed by atoms with Crippen molar-refractivity contribution in [1.82, 2.24) is 10.2 Å². The summed E-state index contributed by atoms with van der Waals surface area (Å²) in [4.78, 5) is 2.16. The van der Waals surface area contributed by atoms with Gasteiger partial charge in [-0.05, 0) is 26.9 Å². The lowest BCUT2D eigenvalue weighted by atomic mass is 10.0. The first-order chi connectivity index (χ1) is 8.38. The third kappa shape index (κ3) is 7.47. The minimum absolute atomic E-state index is 0.101.